The molecule has 28 heavy (non-hydrogen) atoms. The quantitative estimate of drug-likeness (QED) is 0.553. The molecule has 11 heteroatoms. The molecule has 1 unspecified atom stereocenters. The molecule has 1 aromatic carbocycles. The average molecular weight is 485 g/mol. The molecule has 2 aromatic heterocycles. The Hall–Kier alpha value is -2.21. The zero-order valence-corrected chi connectivity index (χ0v) is 17.6. The first-order valence-corrected chi connectivity index (χ1v) is 11.2. The van der Waals surface area contributed by atoms with E-state index in [0.29, 0.717) is 28.1 Å². The topological polar surface area (TPSA) is 108 Å². The molecular weight excluding hydrogens is 472 g/mol. The lowest BCUT2D eigenvalue weighted by Gasteiger charge is -2.15. The first-order chi connectivity index (χ1) is 13.4. The highest BCUT2D eigenvalue weighted by Gasteiger charge is 2.34. The Labute approximate surface area is 172 Å². The summed E-state index contributed by atoms with van der Waals surface area (Å²) in [6, 6.07) is 6.49. The monoisotopic (exact) mass is 484 g/mol. The highest BCUT2D eigenvalue weighted by atomic mass is 79.9. The number of aryl methyl sites for hydroxylation is 1. The van der Waals surface area contributed by atoms with Crippen LogP contribution in [0, 0.1) is 6.92 Å². The molecule has 0 bridgehead atoms. The number of nitrogens with one attached hydrogen (secondary N) is 1. The van der Waals surface area contributed by atoms with Gasteiger partial charge in [0.05, 0.1) is 15.1 Å². The maximum Gasteiger partial charge on any atom is 0.264 e. The standard InChI is InChI=1S/C17H13BrN2O6S2/c1-9-15(18)16(25-19-9)14(10-2-3-11-7-24-26-13(11)6-10)17(21)20-28(22,23)12-4-5-27-8-12/h2-6,8,14H,7H2,1H3,(H,20,21). The third kappa shape index (κ3) is 3.46. The molecule has 1 amide bonds. The molecule has 3 heterocycles. The van der Waals surface area contributed by atoms with Crippen LogP contribution in [0.15, 0.2) is 48.9 Å². The van der Waals surface area contributed by atoms with E-state index in [1.165, 1.54) is 22.8 Å². The minimum Gasteiger partial charge on any atom is -0.359 e. The lowest BCUT2D eigenvalue weighted by atomic mass is 9.94. The minimum absolute atomic E-state index is 0.0168. The van der Waals surface area contributed by atoms with Crippen molar-refractivity contribution < 1.29 is 27.5 Å². The fourth-order valence-corrected chi connectivity index (χ4v) is 5.13. The second-order valence-corrected chi connectivity index (χ2v) is 9.28. The number of benzene rings is 1. The molecule has 3 aromatic rings. The van der Waals surface area contributed by atoms with Crippen molar-refractivity contribution in [3.8, 4) is 5.75 Å². The summed E-state index contributed by atoms with van der Waals surface area (Å²) in [5, 5.41) is 6.92. The molecule has 0 aliphatic carbocycles. The highest BCUT2D eigenvalue weighted by Crippen LogP contribution is 2.36. The van der Waals surface area contributed by atoms with Gasteiger partial charge in [0.25, 0.3) is 10.0 Å². The van der Waals surface area contributed by atoms with Crippen LogP contribution in [0.3, 0.4) is 0 Å². The molecule has 0 fully saturated rings. The Balaban J connectivity index is 1.75. The number of carbonyl (C=O) groups excluding carboxylic acids is 1. The Morgan fingerprint density at radius 2 is 2.18 bits per heavy atom. The summed E-state index contributed by atoms with van der Waals surface area (Å²) in [6.07, 6.45) is 0. The fourth-order valence-electron chi connectivity index (χ4n) is 2.74. The van der Waals surface area contributed by atoms with Gasteiger partial charge < -0.3 is 9.41 Å². The number of aromatic nitrogens is 1. The Morgan fingerprint density at radius 3 is 2.86 bits per heavy atom. The largest absolute Gasteiger partial charge is 0.359 e. The van der Waals surface area contributed by atoms with E-state index in [4.69, 9.17) is 14.3 Å². The summed E-state index contributed by atoms with van der Waals surface area (Å²) < 4.78 is 33.0. The van der Waals surface area contributed by atoms with Crippen molar-refractivity contribution in [2.24, 2.45) is 0 Å². The number of rotatable bonds is 5. The number of hydrogen-bond donors (Lipinski definition) is 1. The lowest BCUT2D eigenvalue weighted by Crippen LogP contribution is -2.35. The van der Waals surface area contributed by atoms with Crippen LogP contribution in [0.4, 0.5) is 0 Å². The van der Waals surface area contributed by atoms with E-state index in [1.54, 1.807) is 30.5 Å². The van der Waals surface area contributed by atoms with Crippen LogP contribution in [0.25, 0.3) is 0 Å². The second kappa shape index (κ2) is 7.32. The molecule has 146 valence electrons. The van der Waals surface area contributed by atoms with Gasteiger partial charge in [-0.2, -0.15) is 16.2 Å². The predicted octanol–water partition coefficient (Wildman–Crippen LogP) is 3.27. The molecule has 0 saturated carbocycles. The van der Waals surface area contributed by atoms with Crippen molar-refractivity contribution in [1.82, 2.24) is 9.88 Å². The van der Waals surface area contributed by atoms with E-state index in [2.05, 4.69) is 25.8 Å². The van der Waals surface area contributed by atoms with Gasteiger partial charge in [0.1, 0.15) is 12.5 Å². The van der Waals surface area contributed by atoms with E-state index in [-0.39, 0.29) is 10.7 Å². The highest BCUT2D eigenvalue weighted by molar-refractivity contribution is 9.10. The van der Waals surface area contributed by atoms with Crippen LogP contribution in [0.2, 0.25) is 0 Å². The maximum absolute atomic E-state index is 13.0. The number of carbonyl (C=O) groups is 1. The minimum atomic E-state index is -4.02. The molecule has 8 nitrogen and oxygen atoms in total. The van der Waals surface area contributed by atoms with Crippen LogP contribution in [0.1, 0.15) is 28.5 Å². The molecule has 4 rings (SSSR count). The second-order valence-electron chi connectivity index (χ2n) is 6.02. The number of halogens is 1. The summed E-state index contributed by atoms with van der Waals surface area (Å²) >= 11 is 4.57. The Kier molecular flexibility index (Phi) is 5.00. The van der Waals surface area contributed by atoms with Gasteiger partial charge in [-0.25, -0.2) is 13.1 Å². The third-order valence-corrected chi connectivity index (χ3v) is 7.31. The first-order valence-electron chi connectivity index (χ1n) is 7.99. The van der Waals surface area contributed by atoms with Crippen LogP contribution in [-0.2, 0) is 26.3 Å². The summed E-state index contributed by atoms with van der Waals surface area (Å²) in [5.41, 5.74) is 1.83. The fraction of sp³-hybridized carbons (Fsp3) is 0.176. The van der Waals surface area contributed by atoms with Crippen molar-refractivity contribution in [2.45, 2.75) is 24.3 Å². The van der Waals surface area contributed by atoms with E-state index >= 15 is 0 Å². The van der Waals surface area contributed by atoms with E-state index in [9.17, 15) is 13.2 Å². The predicted molar refractivity (Wildman–Crippen MR) is 102 cm³/mol. The van der Waals surface area contributed by atoms with Gasteiger partial charge in [-0.15, -0.1) is 0 Å². The van der Waals surface area contributed by atoms with Gasteiger partial charge in [-0.05, 0) is 45.9 Å². The summed E-state index contributed by atoms with van der Waals surface area (Å²) in [5.74, 6) is -1.20. The van der Waals surface area contributed by atoms with Gasteiger partial charge >= 0.3 is 0 Å². The van der Waals surface area contributed by atoms with Gasteiger partial charge in [-0.1, -0.05) is 17.3 Å². The molecule has 0 saturated heterocycles. The first kappa shape index (κ1) is 19.1. The number of sulfonamides is 1. The Bertz CT molecular complexity index is 1140. The molecule has 1 N–H and O–H groups in total. The molecule has 0 spiro atoms. The molecule has 1 atom stereocenters. The molecule has 1 aliphatic heterocycles. The number of fused-ring (bicyclic) bond motifs is 1. The van der Waals surface area contributed by atoms with E-state index < -0.39 is 21.8 Å². The number of thiophene rings is 1. The number of nitrogens with zero attached hydrogens (tertiary/aromatic N) is 1. The normalized spacial score (nSPS) is 14.4. The van der Waals surface area contributed by atoms with Crippen molar-refractivity contribution >= 4 is 43.2 Å². The third-order valence-electron chi connectivity index (χ3n) is 4.17. The lowest BCUT2D eigenvalue weighted by molar-refractivity contribution is -0.194. The molecule has 0 radical (unpaired) electrons. The van der Waals surface area contributed by atoms with Crippen LogP contribution >= 0.6 is 27.3 Å². The molecular formula is C17H13BrN2O6S2. The van der Waals surface area contributed by atoms with Gasteiger partial charge in [0.15, 0.2) is 11.5 Å². The van der Waals surface area contributed by atoms with Crippen LogP contribution in [-0.4, -0.2) is 19.5 Å². The average Bonchev–Trinajstić information content (AvgIpc) is 3.39. The van der Waals surface area contributed by atoms with E-state index in [1.807, 2.05) is 0 Å². The number of hydrogen-bond acceptors (Lipinski definition) is 8. The van der Waals surface area contributed by atoms with Gasteiger partial charge in [-0.3, -0.25) is 4.79 Å². The number of amides is 1. The smallest absolute Gasteiger partial charge is 0.264 e. The summed E-state index contributed by atoms with van der Waals surface area (Å²) in [4.78, 5) is 23.1. The van der Waals surface area contributed by atoms with Crippen LogP contribution < -0.4 is 9.61 Å². The summed E-state index contributed by atoms with van der Waals surface area (Å²) in [6.45, 7) is 2.00. The SMILES string of the molecule is Cc1noc(C(C(=O)NS(=O)(=O)c2ccsc2)c2ccc3c(c2)OOC3)c1Br. The maximum atomic E-state index is 13.0. The Morgan fingerprint density at radius 1 is 1.36 bits per heavy atom. The van der Waals surface area contributed by atoms with Crippen molar-refractivity contribution in [2.75, 3.05) is 0 Å². The van der Waals surface area contributed by atoms with Gasteiger partial charge in [0, 0.05) is 10.9 Å². The van der Waals surface area contributed by atoms with Crippen molar-refractivity contribution in [3.63, 3.8) is 0 Å². The van der Waals surface area contributed by atoms with Crippen LogP contribution in [0.5, 0.6) is 5.75 Å². The van der Waals surface area contributed by atoms with Gasteiger partial charge in [0.2, 0.25) is 5.91 Å². The zero-order valence-electron chi connectivity index (χ0n) is 14.3. The zero-order chi connectivity index (χ0) is 19.9. The summed E-state index contributed by atoms with van der Waals surface area (Å²) in [7, 11) is -4.02. The van der Waals surface area contributed by atoms with Crippen molar-refractivity contribution in [1.29, 1.82) is 0 Å². The van der Waals surface area contributed by atoms with E-state index in [0.717, 1.165) is 5.56 Å². The molecule has 1 aliphatic rings. The van der Waals surface area contributed by atoms with Crippen molar-refractivity contribution in [3.05, 3.63) is 62.1 Å².